The van der Waals surface area contributed by atoms with E-state index < -0.39 is 0 Å². The molecule has 0 atom stereocenters. The van der Waals surface area contributed by atoms with Crippen LogP contribution in [0.2, 0.25) is 5.02 Å². The molecular weight excluding hydrogens is 316 g/mol. The normalized spacial score (nSPS) is 10.8. The maximum Gasteiger partial charge on any atom is 0.0730 e. The topological polar surface area (TPSA) is 24.9 Å². The van der Waals surface area contributed by atoms with Gasteiger partial charge in [-0.3, -0.25) is 0 Å². The number of halogens is 1. The molecule has 2 aromatic carbocycles. The first kappa shape index (κ1) is 16.4. The average molecular weight is 335 g/mol. The number of fused-ring (bicyclic) bond motifs is 1. The fourth-order valence-electron chi connectivity index (χ4n) is 2.79. The van der Waals surface area contributed by atoms with Crippen molar-refractivity contribution >= 4 is 34.7 Å². The van der Waals surface area contributed by atoms with E-state index in [1.54, 1.807) is 0 Å². The molecule has 3 aromatic rings. The van der Waals surface area contributed by atoms with E-state index in [2.05, 4.69) is 36.7 Å². The van der Waals surface area contributed by atoms with Crippen LogP contribution >= 0.6 is 11.6 Å². The number of nitrogens with zero attached hydrogens (tertiary/aromatic N) is 1. The number of nitrogens with one attached hydrogen (secondary N) is 1. The van der Waals surface area contributed by atoms with Gasteiger partial charge in [-0.15, -0.1) is 0 Å². The average Bonchev–Trinajstić information content (AvgIpc) is 2.61. The van der Waals surface area contributed by atoms with Crippen LogP contribution in [0, 0.1) is 0 Å². The van der Waals surface area contributed by atoms with Crippen LogP contribution in [0.1, 0.15) is 16.7 Å². The Labute approximate surface area is 147 Å². The molecule has 1 heterocycles. The molecule has 0 fully saturated rings. The van der Waals surface area contributed by atoms with E-state index in [1.165, 1.54) is 5.56 Å². The third-order valence-corrected chi connectivity index (χ3v) is 4.36. The Hall–Kier alpha value is -2.42. The summed E-state index contributed by atoms with van der Waals surface area (Å²) < 4.78 is 0. The zero-order valence-corrected chi connectivity index (χ0v) is 14.4. The first-order chi connectivity index (χ1) is 11.7. The van der Waals surface area contributed by atoms with Gasteiger partial charge in [0.15, 0.2) is 0 Å². The predicted molar refractivity (Wildman–Crippen MR) is 105 cm³/mol. The summed E-state index contributed by atoms with van der Waals surface area (Å²) in [5.41, 5.74) is 6.11. The lowest BCUT2D eigenvalue weighted by molar-refractivity contribution is 0.816. The van der Waals surface area contributed by atoms with Crippen LogP contribution < -0.4 is 5.32 Å². The molecule has 3 heteroatoms. The highest BCUT2D eigenvalue weighted by molar-refractivity contribution is 6.35. The van der Waals surface area contributed by atoms with Gasteiger partial charge >= 0.3 is 0 Å². The minimum Gasteiger partial charge on any atom is -0.316 e. The van der Waals surface area contributed by atoms with Gasteiger partial charge in [0.1, 0.15) is 0 Å². The molecule has 0 aliphatic heterocycles. The molecule has 120 valence electrons. The van der Waals surface area contributed by atoms with Gasteiger partial charge < -0.3 is 5.32 Å². The van der Waals surface area contributed by atoms with E-state index in [1.807, 2.05) is 43.5 Å². The number of hydrogen-bond acceptors (Lipinski definition) is 2. The molecule has 24 heavy (non-hydrogen) atoms. The van der Waals surface area contributed by atoms with E-state index in [4.69, 9.17) is 16.6 Å². The van der Waals surface area contributed by atoms with Crippen LogP contribution in [0.15, 0.2) is 55.6 Å². The van der Waals surface area contributed by atoms with Gasteiger partial charge in [-0.25, -0.2) is 4.98 Å². The highest BCUT2D eigenvalue weighted by atomic mass is 35.5. The highest BCUT2D eigenvalue weighted by Crippen LogP contribution is 2.30. The molecule has 0 saturated heterocycles. The molecule has 0 spiro atoms. The zero-order valence-electron chi connectivity index (χ0n) is 13.6. The molecule has 2 nitrogen and oxygen atoms in total. The van der Waals surface area contributed by atoms with Crippen LogP contribution in [-0.4, -0.2) is 12.0 Å². The molecule has 3 rings (SSSR count). The minimum absolute atomic E-state index is 0.702. The molecule has 1 N–H and O–H groups in total. The first-order valence-electron chi connectivity index (χ1n) is 7.79. The molecular formula is C21H19ClN2. The fraction of sp³-hybridized carbons (Fsp3) is 0.0952. The van der Waals surface area contributed by atoms with Crippen molar-refractivity contribution < 1.29 is 0 Å². The zero-order chi connectivity index (χ0) is 17.1. The summed E-state index contributed by atoms with van der Waals surface area (Å²) >= 11 is 6.47. The van der Waals surface area contributed by atoms with E-state index >= 15 is 0 Å². The maximum absolute atomic E-state index is 6.47. The molecule has 0 radical (unpaired) electrons. The lowest BCUT2D eigenvalue weighted by atomic mass is 10.0. The molecule has 0 unspecified atom stereocenters. The Morgan fingerprint density at radius 1 is 1.08 bits per heavy atom. The molecule has 0 aliphatic rings. The van der Waals surface area contributed by atoms with Gasteiger partial charge in [0.05, 0.1) is 16.2 Å². The summed E-state index contributed by atoms with van der Waals surface area (Å²) in [5, 5.41) is 4.84. The van der Waals surface area contributed by atoms with Crippen molar-refractivity contribution in [2.75, 3.05) is 7.05 Å². The Kier molecular flexibility index (Phi) is 4.79. The Morgan fingerprint density at radius 2 is 1.92 bits per heavy atom. The standard InChI is InChI=1S/C21H19ClN2/c1-4-14-6-9-18-19(22)12-20(24-21(18)10-14)16-8-7-15(5-2)17(11-16)13-23-3/h4-12,23H,1-2,13H2,3H3. The summed E-state index contributed by atoms with van der Waals surface area (Å²) in [6.07, 6.45) is 3.68. The number of pyridine rings is 1. The lowest BCUT2D eigenvalue weighted by Crippen LogP contribution is -2.06. The predicted octanol–water partition coefficient (Wildman–Crippen LogP) is 5.56. The van der Waals surface area contributed by atoms with Crippen LogP contribution in [0.5, 0.6) is 0 Å². The van der Waals surface area contributed by atoms with Crippen molar-refractivity contribution in [3.63, 3.8) is 0 Å². The van der Waals surface area contributed by atoms with E-state index in [-0.39, 0.29) is 0 Å². The van der Waals surface area contributed by atoms with Crippen molar-refractivity contribution in [1.29, 1.82) is 0 Å². The third-order valence-electron chi connectivity index (χ3n) is 4.05. The van der Waals surface area contributed by atoms with E-state index in [9.17, 15) is 0 Å². The van der Waals surface area contributed by atoms with Gasteiger partial charge in [0, 0.05) is 17.5 Å². The van der Waals surface area contributed by atoms with Gasteiger partial charge in [0.2, 0.25) is 0 Å². The molecule has 0 bridgehead atoms. The number of rotatable bonds is 5. The van der Waals surface area contributed by atoms with Crippen LogP contribution in [0.3, 0.4) is 0 Å². The Bertz CT molecular complexity index is 929. The summed E-state index contributed by atoms with van der Waals surface area (Å²) in [6, 6.07) is 14.2. The summed E-state index contributed by atoms with van der Waals surface area (Å²) in [4.78, 5) is 4.79. The Balaban J connectivity index is 2.16. The van der Waals surface area contributed by atoms with Crippen LogP contribution in [0.4, 0.5) is 0 Å². The van der Waals surface area contributed by atoms with Gasteiger partial charge in [-0.2, -0.15) is 0 Å². The van der Waals surface area contributed by atoms with Gasteiger partial charge in [-0.1, -0.05) is 61.2 Å². The second kappa shape index (κ2) is 7.00. The van der Waals surface area contributed by atoms with Gasteiger partial charge in [0.25, 0.3) is 0 Å². The number of hydrogen-bond donors (Lipinski definition) is 1. The minimum atomic E-state index is 0.702. The summed E-state index contributed by atoms with van der Waals surface area (Å²) in [5.74, 6) is 0. The fourth-order valence-corrected chi connectivity index (χ4v) is 3.05. The quantitative estimate of drug-likeness (QED) is 0.660. The molecule has 0 aliphatic carbocycles. The molecule has 0 saturated carbocycles. The molecule has 1 aromatic heterocycles. The van der Waals surface area contributed by atoms with Gasteiger partial charge in [-0.05, 0) is 41.9 Å². The van der Waals surface area contributed by atoms with Crippen LogP contribution in [-0.2, 0) is 6.54 Å². The smallest absolute Gasteiger partial charge is 0.0730 e. The van der Waals surface area contributed by atoms with E-state index in [0.29, 0.717) is 5.02 Å². The van der Waals surface area contributed by atoms with Crippen molar-refractivity contribution in [3.05, 3.63) is 77.3 Å². The second-order valence-electron chi connectivity index (χ2n) is 5.62. The monoisotopic (exact) mass is 334 g/mol. The number of benzene rings is 2. The maximum atomic E-state index is 6.47. The number of aromatic nitrogens is 1. The first-order valence-corrected chi connectivity index (χ1v) is 8.17. The van der Waals surface area contributed by atoms with Crippen molar-refractivity contribution in [1.82, 2.24) is 10.3 Å². The highest BCUT2D eigenvalue weighted by Gasteiger charge is 2.09. The SMILES string of the molecule is C=Cc1ccc2c(Cl)cc(-c3ccc(C=C)c(CNC)c3)nc2c1. The third kappa shape index (κ3) is 3.12. The van der Waals surface area contributed by atoms with Crippen molar-refractivity contribution in [2.24, 2.45) is 0 Å². The van der Waals surface area contributed by atoms with Crippen molar-refractivity contribution in [2.45, 2.75) is 6.54 Å². The van der Waals surface area contributed by atoms with E-state index in [0.717, 1.165) is 39.8 Å². The molecule has 0 amide bonds. The summed E-state index contributed by atoms with van der Waals surface area (Å²) in [6.45, 7) is 8.47. The summed E-state index contributed by atoms with van der Waals surface area (Å²) in [7, 11) is 1.93. The van der Waals surface area contributed by atoms with Crippen molar-refractivity contribution in [3.8, 4) is 11.3 Å². The largest absolute Gasteiger partial charge is 0.316 e. The Morgan fingerprint density at radius 3 is 2.62 bits per heavy atom. The lowest BCUT2D eigenvalue weighted by Gasteiger charge is -2.10. The van der Waals surface area contributed by atoms with Crippen LogP contribution in [0.25, 0.3) is 34.3 Å². The second-order valence-corrected chi connectivity index (χ2v) is 6.03.